The van der Waals surface area contributed by atoms with Crippen LogP contribution >= 0.6 is 12.4 Å². The lowest BCUT2D eigenvalue weighted by atomic mass is 9.96. The number of aryl methyl sites for hydroxylation is 2. The lowest BCUT2D eigenvalue weighted by Crippen LogP contribution is -2.50. The van der Waals surface area contributed by atoms with Crippen molar-refractivity contribution in [3.05, 3.63) is 29.3 Å². The summed E-state index contributed by atoms with van der Waals surface area (Å²) in [4.78, 5) is 14.9. The van der Waals surface area contributed by atoms with E-state index < -0.39 is 10.0 Å². The van der Waals surface area contributed by atoms with Crippen LogP contribution in [0.15, 0.2) is 23.1 Å². The first-order valence-electron chi connectivity index (χ1n) is 8.96. The SMILES string of the molecule is Cc1ccc(S(=O)(=O)N2CCC(C(=O)N3CCNCC3)CC2)c(C)c1.Cl. The summed E-state index contributed by atoms with van der Waals surface area (Å²) in [5.74, 6) is 0.133. The van der Waals surface area contributed by atoms with Crippen molar-refractivity contribution < 1.29 is 13.2 Å². The number of carbonyl (C=O) groups excluding carboxylic acids is 1. The fourth-order valence-electron chi connectivity index (χ4n) is 3.71. The van der Waals surface area contributed by atoms with Gasteiger partial charge in [0.2, 0.25) is 15.9 Å². The van der Waals surface area contributed by atoms with E-state index in [9.17, 15) is 13.2 Å². The maximum absolute atomic E-state index is 12.9. The van der Waals surface area contributed by atoms with Crippen LogP contribution in [0.4, 0.5) is 0 Å². The molecule has 0 spiro atoms. The Morgan fingerprint density at radius 1 is 1.08 bits per heavy atom. The second kappa shape index (κ2) is 8.69. The zero-order chi connectivity index (χ0) is 18.0. The van der Waals surface area contributed by atoms with Gasteiger partial charge in [0.1, 0.15) is 0 Å². The van der Waals surface area contributed by atoms with Gasteiger partial charge in [-0.3, -0.25) is 4.79 Å². The quantitative estimate of drug-likeness (QED) is 0.834. The van der Waals surface area contributed by atoms with E-state index in [4.69, 9.17) is 0 Å². The molecule has 0 bridgehead atoms. The third-order valence-corrected chi connectivity index (χ3v) is 7.24. The Kier molecular flexibility index (Phi) is 7.07. The van der Waals surface area contributed by atoms with Crippen LogP contribution < -0.4 is 5.32 Å². The van der Waals surface area contributed by atoms with E-state index in [1.165, 1.54) is 4.31 Å². The molecule has 2 aliphatic rings. The molecule has 1 aromatic carbocycles. The number of nitrogens with zero attached hydrogens (tertiary/aromatic N) is 2. The van der Waals surface area contributed by atoms with E-state index in [-0.39, 0.29) is 24.2 Å². The third kappa shape index (κ3) is 4.39. The first kappa shape index (κ1) is 21.2. The number of piperazine rings is 1. The number of hydrogen-bond donors (Lipinski definition) is 1. The summed E-state index contributed by atoms with van der Waals surface area (Å²) in [6, 6.07) is 5.42. The smallest absolute Gasteiger partial charge is 0.243 e. The Bertz CT molecular complexity index is 740. The zero-order valence-corrected chi connectivity index (χ0v) is 17.0. The minimum atomic E-state index is -3.49. The highest BCUT2D eigenvalue weighted by atomic mass is 35.5. The molecule has 0 aliphatic carbocycles. The predicted octanol–water partition coefficient (Wildman–Crippen LogP) is 1.56. The van der Waals surface area contributed by atoms with Crippen LogP contribution in [0.5, 0.6) is 0 Å². The van der Waals surface area contributed by atoms with Crippen molar-refractivity contribution in [1.82, 2.24) is 14.5 Å². The van der Waals surface area contributed by atoms with Gasteiger partial charge in [-0.25, -0.2) is 8.42 Å². The summed E-state index contributed by atoms with van der Waals surface area (Å²) in [6.07, 6.45) is 1.21. The minimum absolute atomic E-state index is 0. The van der Waals surface area contributed by atoms with Crippen LogP contribution in [0.25, 0.3) is 0 Å². The number of amides is 1. The molecular weight excluding hydrogens is 374 g/mol. The molecule has 0 unspecified atom stereocenters. The van der Waals surface area contributed by atoms with E-state index in [2.05, 4.69) is 5.32 Å². The summed E-state index contributed by atoms with van der Waals surface area (Å²) in [7, 11) is -3.49. The second-order valence-electron chi connectivity index (χ2n) is 7.02. The average Bonchev–Trinajstić information content (AvgIpc) is 2.61. The van der Waals surface area contributed by atoms with Crippen molar-refractivity contribution in [2.75, 3.05) is 39.3 Å². The number of sulfonamides is 1. The molecule has 26 heavy (non-hydrogen) atoms. The van der Waals surface area contributed by atoms with Crippen molar-refractivity contribution in [2.45, 2.75) is 31.6 Å². The van der Waals surface area contributed by atoms with Gasteiger partial charge in [0.05, 0.1) is 4.90 Å². The first-order chi connectivity index (χ1) is 11.9. The van der Waals surface area contributed by atoms with Gasteiger partial charge in [-0.2, -0.15) is 4.31 Å². The normalized spacial score (nSPS) is 19.8. The molecular formula is C18H28ClN3O3S. The maximum atomic E-state index is 12.9. The molecule has 0 atom stereocenters. The van der Waals surface area contributed by atoms with Gasteiger partial charge in [0.15, 0.2) is 0 Å². The molecule has 1 amide bonds. The van der Waals surface area contributed by atoms with E-state index in [0.29, 0.717) is 30.8 Å². The highest BCUT2D eigenvalue weighted by Gasteiger charge is 2.34. The Hall–Kier alpha value is -1.15. The van der Waals surface area contributed by atoms with Gasteiger partial charge in [-0.15, -0.1) is 12.4 Å². The first-order valence-corrected chi connectivity index (χ1v) is 10.4. The highest BCUT2D eigenvalue weighted by Crippen LogP contribution is 2.27. The molecule has 3 rings (SSSR count). The van der Waals surface area contributed by atoms with Crippen molar-refractivity contribution in [3.8, 4) is 0 Å². The van der Waals surface area contributed by atoms with Gasteiger partial charge in [0, 0.05) is 45.2 Å². The summed E-state index contributed by atoms with van der Waals surface area (Å²) in [5.41, 5.74) is 1.83. The number of hydrogen-bond acceptors (Lipinski definition) is 4. The highest BCUT2D eigenvalue weighted by molar-refractivity contribution is 7.89. The topological polar surface area (TPSA) is 69.7 Å². The molecule has 0 aromatic heterocycles. The maximum Gasteiger partial charge on any atom is 0.243 e. The van der Waals surface area contributed by atoms with E-state index >= 15 is 0 Å². The standard InChI is InChI=1S/C18H27N3O3S.ClH/c1-14-3-4-17(15(2)13-14)25(23,24)21-9-5-16(6-10-21)18(22)20-11-7-19-8-12-20;/h3-4,13,16,19H,5-12H2,1-2H3;1H. The largest absolute Gasteiger partial charge is 0.340 e. The minimum Gasteiger partial charge on any atom is -0.340 e. The van der Waals surface area contributed by atoms with Gasteiger partial charge in [0.25, 0.3) is 0 Å². The molecule has 146 valence electrons. The Labute approximate surface area is 162 Å². The second-order valence-corrected chi connectivity index (χ2v) is 8.93. The van der Waals surface area contributed by atoms with Gasteiger partial charge in [-0.05, 0) is 38.3 Å². The van der Waals surface area contributed by atoms with Crippen LogP contribution in [-0.2, 0) is 14.8 Å². The van der Waals surface area contributed by atoms with Gasteiger partial charge < -0.3 is 10.2 Å². The molecule has 2 saturated heterocycles. The van der Waals surface area contributed by atoms with Crippen LogP contribution in [-0.4, -0.2) is 62.8 Å². The van der Waals surface area contributed by atoms with Crippen LogP contribution in [0, 0.1) is 19.8 Å². The summed E-state index contributed by atoms with van der Waals surface area (Å²) >= 11 is 0. The van der Waals surface area contributed by atoms with Crippen molar-refractivity contribution >= 4 is 28.3 Å². The number of benzene rings is 1. The molecule has 0 saturated carbocycles. The third-order valence-electron chi connectivity index (χ3n) is 5.18. The molecule has 2 heterocycles. The lowest BCUT2D eigenvalue weighted by Gasteiger charge is -2.35. The number of nitrogens with one attached hydrogen (secondary N) is 1. The Balaban J connectivity index is 0.00000243. The van der Waals surface area contributed by atoms with Gasteiger partial charge >= 0.3 is 0 Å². The van der Waals surface area contributed by atoms with Crippen LogP contribution in [0.3, 0.4) is 0 Å². The van der Waals surface area contributed by atoms with Crippen molar-refractivity contribution in [2.24, 2.45) is 5.92 Å². The monoisotopic (exact) mass is 401 g/mol. The Morgan fingerprint density at radius 2 is 1.69 bits per heavy atom. The number of halogens is 1. The molecule has 0 radical (unpaired) electrons. The van der Waals surface area contributed by atoms with E-state index in [1.807, 2.05) is 30.9 Å². The fraction of sp³-hybridized carbons (Fsp3) is 0.611. The van der Waals surface area contributed by atoms with E-state index in [1.54, 1.807) is 6.07 Å². The lowest BCUT2D eigenvalue weighted by molar-refractivity contribution is -0.137. The average molecular weight is 402 g/mol. The molecule has 1 aromatic rings. The zero-order valence-electron chi connectivity index (χ0n) is 15.4. The molecule has 2 fully saturated rings. The fourth-order valence-corrected chi connectivity index (χ4v) is 5.39. The van der Waals surface area contributed by atoms with E-state index in [0.717, 1.165) is 37.3 Å². The molecule has 8 heteroatoms. The summed E-state index contributed by atoms with van der Waals surface area (Å²) in [6.45, 7) is 7.80. The van der Waals surface area contributed by atoms with Crippen LogP contribution in [0.2, 0.25) is 0 Å². The van der Waals surface area contributed by atoms with Crippen molar-refractivity contribution in [3.63, 3.8) is 0 Å². The van der Waals surface area contributed by atoms with Crippen molar-refractivity contribution in [1.29, 1.82) is 0 Å². The molecule has 6 nitrogen and oxygen atoms in total. The molecule has 2 aliphatic heterocycles. The summed E-state index contributed by atoms with van der Waals surface area (Å²) < 4.78 is 27.4. The van der Waals surface area contributed by atoms with Crippen LogP contribution in [0.1, 0.15) is 24.0 Å². The number of carbonyl (C=O) groups is 1. The number of rotatable bonds is 3. The number of piperidine rings is 1. The molecule has 1 N–H and O–H groups in total. The Morgan fingerprint density at radius 3 is 2.27 bits per heavy atom. The predicted molar refractivity (Wildman–Crippen MR) is 104 cm³/mol. The summed E-state index contributed by atoms with van der Waals surface area (Å²) in [5, 5.41) is 3.25. The van der Waals surface area contributed by atoms with Gasteiger partial charge in [-0.1, -0.05) is 17.7 Å².